The maximum absolute atomic E-state index is 5.62. The van der Waals surface area contributed by atoms with Gasteiger partial charge in [-0.15, -0.1) is 0 Å². The first kappa shape index (κ1) is 10.6. The third-order valence-corrected chi connectivity index (χ3v) is 3.18. The third-order valence-electron chi connectivity index (χ3n) is 3.18. The molecule has 15 heavy (non-hydrogen) atoms. The van der Waals surface area contributed by atoms with E-state index < -0.39 is 0 Å². The van der Waals surface area contributed by atoms with E-state index in [0.717, 1.165) is 18.9 Å². The van der Waals surface area contributed by atoms with Crippen molar-refractivity contribution in [2.24, 2.45) is 18.8 Å². The van der Waals surface area contributed by atoms with Crippen LogP contribution in [0.15, 0.2) is 12.4 Å². The Labute approximate surface area is 89.6 Å². The molecule has 0 aromatic carbocycles. The summed E-state index contributed by atoms with van der Waals surface area (Å²) in [6.07, 6.45) is 4.99. The molecule has 0 spiro atoms. The molecule has 5 nitrogen and oxygen atoms in total. The molecule has 1 fully saturated rings. The van der Waals surface area contributed by atoms with Gasteiger partial charge in [0.2, 0.25) is 0 Å². The molecule has 2 heterocycles. The van der Waals surface area contributed by atoms with Crippen molar-refractivity contribution in [3.05, 3.63) is 18.2 Å². The molecule has 0 bridgehead atoms. The Morgan fingerprint density at radius 2 is 2.53 bits per heavy atom. The maximum atomic E-state index is 5.62. The van der Waals surface area contributed by atoms with E-state index in [1.165, 1.54) is 0 Å². The van der Waals surface area contributed by atoms with Crippen molar-refractivity contribution in [3.8, 4) is 0 Å². The Balaban J connectivity index is 2.20. The minimum absolute atomic E-state index is 0.0718. The molecule has 3 atom stereocenters. The number of aromatic nitrogens is 2. The molecule has 0 aliphatic carbocycles. The van der Waals surface area contributed by atoms with E-state index in [4.69, 9.17) is 10.6 Å². The number of aryl methyl sites for hydroxylation is 1. The Morgan fingerprint density at radius 1 is 1.73 bits per heavy atom. The summed E-state index contributed by atoms with van der Waals surface area (Å²) < 4.78 is 7.55. The lowest BCUT2D eigenvalue weighted by Gasteiger charge is -2.24. The van der Waals surface area contributed by atoms with Crippen LogP contribution >= 0.6 is 0 Å². The van der Waals surface area contributed by atoms with E-state index in [0.29, 0.717) is 5.92 Å². The molecule has 1 aliphatic heterocycles. The van der Waals surface area contributed by atoms with Crippen LogP contribution in [0.25, 0.3) is 0 Å². The number of nitrogens with two attached hydrogens (primary N) is 1. The van der Waals surface area contributed by atoms with Gasteiger partial charge in [-0.1, -0.05) is 0 Å². The summed E-state index contributed by atoms with van der Waals surface area (Å²) in [5.41, 5.74) is 2.85. The molecule has 84 valence electrons. The van der Waals surface area contributed by atoms with Crippen LogP contribution in [0.5, 0.6) is 0 Å². The average molecular weight is 210 g/mol. The van der Waals surface area contributed by atoms with Crippen LogP contribution in [0.2, 0.25) is 0 Å². The quantitative estimate of drug-likeness (QED) is 0.558. The zero-order chi connectivity index (χ0) is 10.8. The second kappa shape index (κ2) is 4.30. The van der Waals surface area contributed by atoms with Gasteiger partial charge in [0.15, 0.2) is 0 Å². The number of rotatable bonds is 3. The highest BCUT2D eigenvalue weighted by atomic mass is 16.5. The number of hydrogen-bond donors (Lipinski definition) is 2. The molecule has 0 radical (unpaired) electrons. The van der Waals surface area contributed by atoms with Crippen molar-refractivity contribution in [3.63, 3.8) is 0 Å². The minimum Gasteiger partial charge on any atom is -0.378 e. The molecule has 3 N–H and O–H groups in total. The van der Waals surface area contributed by atoms with Crippen LogP contribution < -0.4 is 11.3 Å². The maximum Gasteiger partial charge on any atom is 0.127 e. The van der Waals surface area contributed by atoms with Gasteiger partial charge in [0.05, 0.1) is 12.1 Å². The first-order valence-corrected chi connectivity index (χ1v) is 5.29. The number of hydrogen-bond acceptors (Lipinski definition) is 4. The normalized spacial score (nSPS) is 28.2. The number of hydrazine groups is 1. The van der Waals surface area contributed by atoms with E-state index in [1.54, 1.807) is 6.20 Å². The topological polar surface area (TPSA) is 65.1 Å². The summed E-state index contributed by atoms with van der Waals surface area (Å²) in [6.45, 7) is 2.90. The van der Waals surface area contributed by atoms with Gasteiger partial charge in [-0.3, -0.25) is 5.84 Å². The van der Waals surface area contributed by atoms with Gasteiger partial charge in [0.1, 0.15) is 5.82 Å². The lowest BCUT2D eigenvalue weighted by molar-refractivity contribution is 0.0940. The van der Waals surface area contributed by atoms with Crippen LogP contribution in [0.3, 0.4) is 0 Å². The summed E-state index contributed by atoms with van der Waals surface area (Å²) in [4.78, 5) is 4.33. The predicted octanol–water partition coefficient (Wildman–Crippen LogP) is 0.349. The van der Waals surface area contributed by atoms with Gasteiger partial charge in [-0.25, -0.2) is 10.4 Å². The van der Waals surface area contributed by atoms with Crippen molar-refractivity contribution in [1.29, 1.82) is 0 Å². The summed E-state index contributed by atoms with van der Waals surface area (Å²) in [5, 5.41) is 0. The number of ether oxygens (including phenoxy) is 1. The molecule has 1 aliphatic rings. The zero-order valence-electron chi connectivity index (χ0n) is 9.18. The fourth-order valence-corrected chi connectivity index (χ4v) is 2.25. The van der Waals surface area contributed by atoms with E-state index >= 15 is 0 Å². The molecule has 2 rings (SSSR count). The molecule has 1 aromatic heterocycles. The first-order chi connectivity index (χ1) is 7.24. The second-order valence-corrected chi connectivity index (χ2v) is 4.07. The third kappa shape index (κ3) is 1.90. The molecule has 5 heteroatoms. The van der Waals surface area contributed by atoms with Crippen molar-refractivity contribution >= 4 is 0 Å². The second-order valence-electron chi connectivity index (χ2n) is 4.07. The molecular weight excluding hydrogens is 192 g/mol. The monoisotopic (exact) mass is 210 g/mol. The fraction of sp³-hybridized carbons (Fsp3) is 0.700. The van der Waals surface area contributed by atoms with E-state index in [1.807, 2.05) is 17.8 Å². The van der Waals surface area contributed by atoms with Crippen LogP contribution in [0, 0.1) is 5.92 Å². The Kier molecular flexibility index (Phi) is 3.04. The summed E-state index contributed by atoms with van der Waals surface area (Å²) >= 11 is 0. The van der Waals surface area contributed by atoms with Crippen molar-refractivity contribution in [2.45, 2.75) is 25.5 Å². The highest BCUT2D eigenvalue weighted by Gasteiger charge is 2.34. The van der Waals surface area contributed by atoms with Crippen LogP contribution in [0.4, 0.5) is 0 Å². The molecule has 0 amide bonds. The molecule has 3 unspecified atom stereocenters. The molecular formula is C10H18N4O. The van der Waals surface area contributed by atoms with E-state index in [9.17, 15) is 0 Å². The SMILES string of the molecule is CC1OCCC1C(NN)c1nccn1C. The molecule has 0 saturated carbocycles. The number of imidazole rings is 1. The first-order valence-electron chi connectivity index (χ1n) is 5.29. The number of nitrogens with zero attached hydrogens (tertiary/aromatic N) is 2. The van der Waals surface area contributed by atoms with Gasteiger partial charge < -0.3 is 9.30 Å². The predicted molar refractivity (Wildman–Crippen MR) is 56.8 cm³/mol. The van der Waals surface area contributed by atoms with Gasteiger partial charge in [0, 0.05) is 32.0 Å². The lowest BCUT2D eigenvalue weighted by atomic mass is 9.93. The highest BCUT2D eigenvalue weighted by Crippen LogP contribution is 2.31. The van der Waals surface area contributed by atoms with Crippen LogP contribution in [-0.2, 0) is 11.8 Å². The number of nitrogens with one attached hydrogen (secondary N) is 1. The van der Waals surface area contributed by atoms with Crippen molar-refractivity contribution < 1.29 is 4.74 Å². The summed E-state index contributed by atoms with van der Waals surface area (Å²) in [7, 11) is 1.98. The van der Waals surface area contributed by atoms with E-state index in [2.05, 4.69) is 17.3 Å². The lowest BCUT2D eigenvalue weighted by Crippen LogP contribution is -2.37. The summed E-state index contributed by atoms with van der Waals surface area (Å²) in [6, 6.07) is 0.0718. The van der Waals surface area contributed by atoms with Gasteiger partial charge >= 0.3 is 0 Å². The molecule has 1 saturated heterocycles. The highest BCUT2D eigenvalue weighted by molar-refractivity contribution is 5.02. The van der Waals surface area contributed by atoms with Gasteiger partial charge in [0.25, 0.3) is 0 Å². The van der Waals surface area contributed by atoms with Gasteiger partial charge in [-0.05, 0) is 13.3 Å². The molecule has 1 aromatic rings. The zero-order valence-corrected chi connectivity index (χ0v) is 9.18. The Hall–Kier alpha value is -0.910. The standard InChI is InChI=1S/C10H18N4O/c1-7-8(3-6-15-7)9(13-11)10-12-4-5-14(10)2/h4-5,7-9,13H,3,6,11H2,1-2H3. The van der Waals surface area contributed by atoms with Crippen LogP contribution in [-0.4, -0.2) is 22.3 Å². The van der Waals surface area contributed by atoms with Crippen molar-refractivity contribution in [1.82, 2.24) is 15.0 Å². The van der Waals surface area contributed by atoms with E-state index in [-0.39, 0.29) is 12.1 Å². The Morgan fingerprint density at radius 3 is 3.00 bits per heavy atom. The van der Waals surface area contributed by atoms with Crippen LogP contribution in [0.1, 0.15) is 25.2 Å². The average Bonchev–Trinajstić information content (AvgIpc) is 2.80. The Bertz CT molecular complexity index is 325. The largest absolute Gasteiger partial charge is 0.378 e. The van der Waals surface area contributed by atoms with Crippen molar-refractivity contribution in [2.75, 3.05) is 6.61 Å². The fourth-order valence-electron chi connectivity index (χ4n) is 2.25. The minimum atomic E-state index is 0.0718. The smallest absolute Gasteiger partial charge is 0.127 e. The summed E-state index contributed by atoms with van der Waals surface area (Å²) in [5.74, 6) is 6.99. The van der Waals surface area contributed by atoms with Gasteiger partial charge in [-0.2, -0.15) is 0 Å².